The summed E-state index contributed by atoms with van der Waals surface area (Å²) < 4.78 is 0. The molecule has 3 N–H and O–H groups in total. The lowest BCUT2D eigenvalue weighted by molar-refractivity contribution is 0.204. The van der Waals surface area contributed by atoms with Gasteiger partial charge in [-0.15, -0.1) is 0 Å². The van der Waals surface area contributed by atoms with E-state index in [0.717, 1.165) is 25.7 Å². The van der Waals surface area contributed by atoms with Gasteiger partial charge in [0.25, 0.3) is 0 Å². The molecule has 0 fully saturated rings. The highest BCUT2D eigenvalue weighted by Gasteiger charge is 2.16. The molecule has 0 aromatic carbocycles. The highest BCUT2D eigenvalue weighted by atomic mass is 16.3. The standard InChI is InChI=1S/C13H24N2O2/c1-10(2)8-12(9-16)15-13(17)14-11-6-4-3-5-7-11/h3-4,10-12,16H,5-9H2,1-2H3,(H2,14,15,17)/t11-,12-/m0/s1. The first-order chi connectivity index (χ1) is 8.11. The normalized spacial score (nSPS) is 21.3. The maximum atomic E-state index is 11.7. The van der Waals surface area contributed by atoms with E-state index in [4.69, 9.17) is 0 Å². The van der Waals surface area contributed by atoms with Crippen molar-refractivity contribution in [3.63, 3.8) is 0 Å². The molecule has 1 aliphatic rings. The molecule has 0 unspecified atom stereocenters. The minimum Gasteiger partial charge on any atom is -0.394 e. The molecule has 0 heterocycles. The second-order valence-electron chi connectivity index (χ2n) is 5.11. The fourth-order valence-electron chi connectivity index (χ4n) is 2.09. The summed E-state index contributed by atoms with van der Waals surface area (Å²) >= 11 is 0. The smallest absolute Gasteiger partial charge is 0.315 e. The topological polar surface area (TPSA) is 61.4 Å². The van der Waals surface area contributed by atoms with Crippen LogP contribution in [0, 0.1) is 5.92 Å². The maximum absolute atomic E-state index is 11.7. The number of carbonyl (C=O) groups is 1. The second-order valence-corrected chi connectivity index (χ2v) is 5.11. The number of nitrogens with one attached hydrogen (secondary N) is 2. The quantitative estimate of drug-likeness (QED) is 0.642. The Morgan fingerprint density at radius 2 is 2.24 bits per heavy atom. The molecule has 2 atom stereocenters. The molecule has 98 valence electrons. The average molecular weight is 240 g/mol. The first kappa shape index (κ1) is 14.0. The van der Waals surface area contributed by atoms with Crippen LogP contribution in [0.5, 0.6) is 0 Å². The summed E-state index contributed by atoms with van der Waals surface area (Å²) in [6.45, 7) is 4.15. The fourth-order valence-corrected chi connectivity index (χ4v) is 2.09. The van der Waals surface area contributed by atoms with Gasteiger partial charge in [-0.05, 0) is 31.6 Å². The predicted molar refractivity (Wildman–Crippen MR) is 68.8 cm³/mol. The Kier molecular flexibility index (Phi) is 6.05. The number of aliphatic hydroxyl groups excluding tert-OH is 1. The molecule has 0 spiro atoms. The van der Waals surface area contributed by atoms with Gasteiger partial charge >= 0.3 is 6.03 Å². The van der Waals surface area contributed by atoms with Gasteiger partial charge < -0.3 is 15.7 Å². The molecule has 0 aromatic rings. The molecule has 2 amide bonds. The van der Waals surface area contributed by atoms with Crippen molar-refractivity contribution < 1.29 is 9.90 Å². The Hall–Kier alpha value is -1.03. The van der Waals surface area contributed by atoms with Crippen molar-refractivity contribution in [3.8, 4) is 0 Å². The molecule has 0 aromatic heterocycles. The molecule has 4 heteroatoms. The summed E-state index contributed by atoms with van der Waals surface area (Å²) in [6.07, 6.45) is 7.98. The zero-order chi connectivity index (χ0) is 12.7. The van der Waals surface area contributed by atoms with Crippen LogP contribution < -0.4 is 10.6 Å². The summed E-state index contributed by atoms with van der Waals surface area (Å²) in [5.74, 6) is 0.463. The van der Waals surface area contributed by atoms with Crippen LogP contribution in [0.25, 0.3) is 0 Å². The van der Waals surface area contributed by atoms with Crippen LogP contribution in [-0.2, 0) is 0 Å². The fraction of sp³-hybridized carbons (Fsp3) is 0.769. The van der Waals surface area contributed by atoms with E-state index in [0.29, 0.717) is 5.92 Å². The van der Waals surface area contributed by atoms with Crippen molar-refractivity contribution in [2.24, 2.45) is 5.92 Å². The van der Waals surface area contributed by atoms with Gasteiger partial charge in [-0.1, -0.05) is 26.0 Å². The first-order valence-corrected chi connectivity index (χ1v) is 6.44. The molecular weight excluding hydrogens is 216 g/mol. The number of aliphatic hydroxyl groups is 1. The predicted octanol–water partition coefficient (Wildman–Crippen LogP) is 1.80. The van der Waals surface area contributed by atoms with E-state index in [1.807, 2.05) is 0 Å². The molecule has 0 aliphatic heterocycles. The third kappa shape index (κ3) is 5.73. The van der Waals surface area contributed by atoms with Crippen molar-refractivity contribution in [2.45, 2.75) is 51.6 Å². The zero-order valence-corrected chi connectivity index (χ0v) is 10.8. The third-order valence-corrected chi connectivity index (χ3v) is 2.92. The van der Waals surface area contributed by atoms with Crippen LogP contribution in [0.15, 0.2) is 12.2 Å². The Morgan fingerprint density at radius 1 is 1.47 bits per heavy atom. The number of amides is 2. The van der Waals surface area contributed by atoms with E-state index in [9.17, 15) is 9.90 Å². The maximum Gasteiger partial charge on any atom is 0.315 e. The number of hydrogen-bond donors (Lipinski definition) is 3. The van der Waals surface area contributed by atoms with Crippen molar-refractivity contribution in [1.29, 1.82) is 0 Å². The van der Waals surface area contributed by atoms with E-state index in [2.05, 4.69) is 36.6 Å². The van der Waals surface area contributed by atoms with Crippen LogP contribution in [-0.4, -0.2) is 29.8 Å². The van der Waals surface area contributed by atoms with Crippen molar-refractivity contribution >= 4 is 6.03 Å². The molecule has 0 radical (unpaired) electrons. The van der Waals surface area contributed by atoms with Crippen molar-refractivity contribution in [1.82, 2.24) is 10.6 Å². The van der Waals surface area contributed by atoms with E-state index in [-0.39, 0.29) is 24.7 Å². The summed E-state index contributed by atoms with van der Waals surface area (Å²) in [6, 6.07) is -0.0717. The highest BCUT2D eigenvalue weighted by molar-refractivity contribution is 5.74. The monoisotopic (exact) mass is 240 g/mol. The summed E-state index contributed by atoms with van der Waals surface area (Å²) in [5.41, 5.74) is 0. The van der Waals surface area contributed by atoms with Crippen LogP contribution in [0.1, 0.15) is 39.5 Å². The van der Waals surface area contributed by atoms with Gasteiger partial charge in [0.2, 0.25) is 0 Å². The van der Waals surface area contributed by atoms with Gasteiger partial charge in [0.15, 0.2) is 0 Å². The molecule has 0 bridgehead atoms. The molecule has 1 aliphatic carbocycles. The zero-order valence-electron chi connectivity index (χ0n) is 10.8. The van der Waals surface area contributed by atoms with E-state index >= 15 is 0 Å². The summed E-state index contributed by atoms with van der Waals surface area (Å²) in [4.78, 5) is 11.7. The lowest BCUT2D eigenvalue weighted by atomic mass is 10.0. The number of carbonyl (C=O) groups excluding carboxylic acids is 1. The number of hydrogen-bond acceptors (Lipinski definition) is 2. The Balaban J connectivity index is 2.29. The minimum absolute atomic E-state index is 0.00380. The van der Waals surface area contributed by atoms with Gasteiger partial charge in [0, 0.05) is 6.04 Å². The minimum atomic E-state index is -0.162. The summed E-state index contributed by atoms with van der Waals surface area (Å²) in [7, 11) is 0. The summed E-state index contributed by atoms with van der Waals surface area (Å²) in [5, 5.41) is 14.9. The SMILES string of the molecule is CC(C)C[C@@H](CO)NC(=O)N[C@H]1CC=CCC1. The van der Waals surface area contributed by atoms with Gasteiger partial charge in [0.1, 0.15) is 0 Å². The van der Waals surface area contributed by atoms with Crippen molar-refractivity contribution in [3.05, 3.63) is 12.2 Å². The van der Waals surface area contributed by atoms with E-state index in [1.165, 1.54) is 0 Å². The first-order valence-electron chi connectivity index (χ1n) is 6.44. The Bertz CT molecular complexity index is 264. The van der Waals surface area contributed by atoms with Gasteiger partial charge in [-0.2, -0.15) is 0 Å². The molecule has 17 heavy (non-hydrogen) atoms. The van der Waals surface area contributed by atoms with Crippen LogP contribution in [0.3, 0.4) is 0 Å². The van der Waals surface area contributed by atoms with Crippen LogP contribution in [0.2, 0.25) is 0 Å². The number of allylic oxidation sites excluding steroid dienone is 1. The van der Waals surface area contributed by atoms with Gasteiger partial charge in [0.05, 0.1) is 12.6 Å². The van der Waals surface area contributed by atoms with E-state index in [1.54, 1.807) is 0 Å². The molecule has 0 saturated carbocycles. The number of urea groups is 1. The van der Waals surface area contributed by atoms with E-state index < -0.39 is 0 Å². The average Bonchev–Trinajstić information content (AvgIpc) is 2.28. The largest absolute Gasteiger partial charge is 0.394 e. The van der Waals surface area contributed by atoms with Crippen LogP contribution >= 0.6 is 0 Å². The van der Waals surface area contributed by atoms with Gasteiger partial charge in [-0.3, -0.25) is 0 Å². The second kappa shape index (κ2) is 7.33. The molecule has 4 nitrogen and oxygen atoms in total. The molecule has 1 rings (SSSR count). The highest BCUT2D eigenvalue weighted by Crippen LogP contribution is 2.10. The number of rotatable bonds is 5. The Labute approximate surface area is 103 Å². The molecular formula is C13H24N2O2. The lowest BCUT2D eigenvalue weighted by Crippen LogP contribution is -2.48. The molecule has 0 saturated heterocycles. The van der Waals surface area contributed by atoms with Crippen LogP contribution in [0.4, 0.5) is 4.79 Å². The van der Waals surface area contributed by atoms with Crippen molar-refractivity contribution in [2.75, 3.05) is 6.61 Å². The Morgan fingerprint density at radius 3 is 2.76 bits per heavy atom. The van der Waals surface area contributed by atoms with Gasteiger partial charge in [-0.25, -0.2) is 4.79 Å². The lowest BCUT2D eigenvalue weighted by Gasteiger charge is -2.23. The third-order valence-electron chi connectivity index (χ3n) is 2.92.